The van der Waals surface area contributed by atoms with Crippen molar-refractivity contribution in [3.05, 3.63) is 35.6 Å². The fourth-order valence-electron chi connectivity index (χ4n) is 1.25. The van der Waals surface area contributed by atoms with Crippen LogP contribution in [0.15, 0.2) is 28.9 Å². The number of nitrogens with zero attached hydrogens (tertiary/aromatic N) is 1. The Bertz CT molecular complexity index is 548. The van der Waals surface area contributed by atoms with Crippen LogP contribution in [0.25, 0.3) is 11.0 Å². The molecule has 0 bridgehead atoms. The number of hydrogen-bond acceptors (Lipinski definition) is 3. The maximum Gasteiger partial charge on any atom is 0.335 e. The Morgan fingerprint density at radius 3 is 2.93 bits per heavy atom. The maximum absolute atomic E-state index is 10.7. The number of benzene rings is 1. The normalized spacial score (nSPS) is 9.93. The van der Waals surface area contributed by atoms with E-state index in [1.807, 2.05) is 6.07 Å². The summed E-state index contributed by atoms with van der Waals surface area (Å²) in [7, 11) is 0. The number of nitriles is 1. The summed E-state index contributed by atoms with van der Waals surface area (Å²) in [6.07, 6.45) is 1.32. The number of rotatable bonds is 1. The molecule has 4 nitrogen and oxygen atoms in total. The standard InChI is InChI=1S/C10H5NO3/c11-4-7-5-14-9-2-1-6(10(12)13)3-8(7)9/h1-3,5H,(H,12,13). The van der Waals surface area contributed by atoms with Crippen molar-refractivity contribution in [3.63, 3.8) is 0 Å². The van der Waals surface area contributed by atoms with Gasteiger partial charge in [-0.05, 0) is 18.2 Å². The number of carboxylic acids is 1. The summed E-state index contributed by atoms with van der Waals surface area (Å²) in [6.45, 7) is 0. The lowest BCUT2D eigenvalue weighted by atomic mass is 10.1. The third-order valence-corrected chi connectivity index (χ3v) is 1.94. The molecule has 14 heavy (non-hydrogen) atoms. The lowest BCUT2D eigenvalue weighted by Crippen LogP contribution is -1.94. The van der Waals surface area contributed by atoms with Crippen molar-refractivity contribution in [1.29, 1.82) is 5.26 Å². The fraction of sp³-hybridized carbons (Fsp3) is 0. The molecule has 1 N–H and O–H groups in total. The molecule has 0 aliphatic heterocycles. The van der Waals surface area contributed by atoms with Crippen molar-refractivity contribution in [1.82, 2.24) is 0 Å². The average molecular weight is 187 g/mol. The van der Waals surface area contributed by atoms with Crippen LogP contribution in [-0.4, -0.2) is 11.1 Å². The predicted octanol–water partition coefficient (Wildman–Crippen LogP) is 2.00. The Kier molecular flexibility index (Phi) is 1.72. The highest BCUT2D eigenvalue weighted by Gasteiger charge is 2.09. The van der Waals surface area contributed by atoms with Crippen LogP contribution in [0.4, 0.5) is 0 Å². The molecule has 0 fully saturated rings. The Morgan fingerprint density at radius 1 is 1.50 bits per heavy atom. The van der Waals surface area contributed by atoms with Crippen LogP contribution in [0.1, 0.15) is 15.9 Å². The molecule has 4 heteroatoms. The van der Waals surface area contributed by atoms with E-state index in [1.165, 1.54) is 18.4 Å². The molecule has 0 atom stereocenters. The molecule has 0 saturated carbocycles. The second kappa shape index (κ2) is 2.89. The summed E-state index contributed by atoms with van der Waals surface area (Å²) in [5.74, 6) is -1.02. The van der Waals surface area contributed by atoms with Gasteiger partial charge in [0.1, 0.15) is 17.9 Å². The minimum Gasteiger partial charge on any atom is -0.478 e. The smallest absolute Gasteiger partial charge is 0.335 e. The molecule has 2 aromatic rings. The quantitative estimate of drug-likeness (QED) is 0.740. The van der Waals surface area contributed by atoms with Gasteiger partial charge in [-0.25, -0.2) is 4.79 Å². The fourth-order valence-corrected chi connectivity index (χ4v) is 1.25. The summed E-state index contributed by atoms with van der Waals surface area (Å²) < 4.78 is 5.06. The molecule has 2 rings (SSSR count). The first kappa shape index (κ1) is 8.32. The Labute approximate surface area is 79.0 Å². The van der Waals surface area contributed by atoms with Gasteiger partial charge in [0.15, 0.2) is 0 Å². The van der Waals surface area contributed by atoms with Crippen molar-refractivity contribution >= 4 is 16.9 Å². The first-order valence-electron chi connectivity index (χ1n) is 3.87. The SMILES string of the molecule is N#Cc1coc2ccc(C(=O)O)cc12. The lowest BCUT2D eigenvalue weighted by molar-refractivity contribution is 0.0697. The van der Waals surface area contributed by atoms with Crippen LogP contribution in [0, 0.1) is 11.3 Å². The summed E-state index contributed by atoms with van der Waals surface area (Å²) in [5.41, 5.74) is 1.02. The van der Waals surface area contributed by atoms with Crippen LogP contribution in [0.3, 0.4) is 0 Å². The van der Waals surface area contributed by atoms with Crippen molar-refractivity contribution in [3.8, 4) is 6.07 Å². The van der Waals surface area contributed by atoms with Crippen LogP contribution in [0.2, 0.25) is 0 Å². The zero-order valence-corrected chi connectivity index (χ0v) is 7.02. The Hall–Kier alpha value is -2.28. The molecule has 0 amide bonds. The van der Waals surface area contributed by atoms with Crippen LogP contribution >= 0.6 is 0 Å². The second-order valence-electron chi connectivity index (χ2n) is 2.78. The Balaban J connectivity index is 2.75. The average Bonchev–Trinajstić information content (AvgIpc) is 2.59. The molecular weight excluding hydrogens is 182 g/mol. The predicted molar refractivity (Wildman–Crippen MR) is 47.9 cm³/mol. The van der Waals surface area contributed by atoms with Gasteiger partial charge in [0.2, 0.25) is 0 Å². The van der Waals surface area contributed by atoms with Gasteiger partial charge >= 0.3 is 5.97 Å². The first-order valence-corrected chi connectivity index (χ1v) is 3.87. The van der Waals surface area contributed by atoms with Gasteiger partial charge in [0, 0.05) is 5.39 Å². The molecule has 1 aromatic carbocycles. The molecular formula is C10H5NO3. The van der Waals surface area contributed by atoms with Crippen molar-refractivity contribution in [2.24, 2.45) is 0 Å². The van der Waals surface area contributed by atoms with Crippen molar-refractivity contribution < 1.29 is 14.3 Å². The van der Waals surface area contributed by atoms with Gasteiger partial charge in [-0.1, -0.05) is 0 Å². The molecule has 1 aromatic heterocycles. The number of furan rings is 1. The molecule has 0 aliphatic rings. The van der Waals surface area contributed by atoms with E-state index in [9.17, 15) is 4.79 Å². The minimum atomic E-state index is -1.02. The number of fused-ring (bicyclic) bond motifs is 1. The van der Waals surface area contributed by atoms with Crippen molar-refractivity contribution in [2.75, 3.05) is 0 Å². The third-order valence-electron chi connectivity index (χ3n) is 1.94. The highest BCUT2D eigenvalue weighted by atomic mass is 16.4. The second-order valence-corrected chi connectivity index (χ2v) is 2.78. The number of hydrogen-bond donors (Lipinski definition) is 1. The molecule has 0 radical (unpaired) electrons. The van der Waals surface area contributed by atoms with E-state index in [0.29, 0.717) is 16.5 Å². The molecule has 0 aliphatic carbocycles. The molecule has 1 heterocycles. The van der Waals surface area contributed by atoms with E-state index >= 15 is 0 Å². The number of carbonyl (C=O) groups is 1. The topological polar surface area (TPSA) is 74.2 Å². The van der Waals surface area contributed by atoms with Gasteiger partial charge in [-0.3, -0.25) is 0 Å². The molecule has 0 unspecified atom stereocenters. The van der Waals surface area contributed by atoms with Gasteiger partial charge in [0.05, 0.1) is 11.1 Å². The zero-order valence-electron chi connectivity index (χ0n) is 7.02. The van der Waals surface area contributed by atoms with E-state index in [4.69, 9.17) is 14.8 Å². The van der Waals surface area contributed by atoms with E-state index in [0.717, 1.165) is 0 Å². The van der Waals surface area contributed by atoms with Gasteiger partial charge in [0.25, 0.3) is 0 Å². The Morgan fingerprint density at radius 2 is 2.29 bits per heavy atom. The van der Waals surface area contributed by atoms with E-state index in [2.05, 4.69) is 0 Å². The minimum absolute atomic E-state index is 0.149. The lowest BCUT2D eigenvalue weighted by Gasteiger charge is -1.93. The van der Waals surface area contributed by atoms with E-state index in [1.54, 1.807) is 6.07 Å². The van der Waals surface area contributed by atoms with Crippen LogP contribution in [0.5, 0.6) is 0 Å². The van der Waals surface area contributed by atoms with Gasteiger partial charge < -0.3 is 9.52 Å². The first-order chi connectivity index (χ1) is 6.72. The van der Waals surface area contributed by atoms with E-state index < -0.39 is 5.97 Å². The van der Waals surface area contributed by atoms with Crippen LogP contribution in [-0.2, 0) is 0 Å². The maximum atomic E-state index is 10.7. The monoisotopic (exact) mass is 187 g/mol. The zero-order chi connectivity index (χ0) is 10.1. The van der Waals surface area contributed by atoms with Crippen molar-refractivity contribution in [2.45, 2.75) is 0 Å². The van der Waals surface area contributed by atoms with Gasteiger partial charge in [-0.2, -0.15) is 5.26 Å². The third kappa shape index (κ3) is 1.12. The highest BCUT2D eigenvalue weighted by molar-refractivity contribution is 5.94. The summed E-state index contributed by atoms with van der Waals surface area (Å²) in [6, 6.07) is 6.34. The van der Waals surface area contributed by atoms with E-state index in [-0.39, 0.29) is 5.56 Å². The summed E-state index contributed by atoms with van der Waals surface area (Å²) >= 11 is 0. The largest absolute Gasteiger partial charge is 0.478 e. The summed E-state index contributed by atoms with van der Waals surface area (Å²) in [5, 5.41) is 18.0. The van der Waals surface area contributed by atoms with Gasteiger partial charge in [-0.15, -0.1) is 0 Å². The van der Waals surface area contributed by atoms with Crippen LogP contribution < -0.4 is 0 Å². The highest BCUT2D eigenvalue weighted by Crippen LogP contribution is 2.21. The number of carboxylic acid groups (broad SMARTS) is 1. The number of aromatic carboxylic acids is 1. The molecule has 0 saturated heterocycles. The summed E-state index contributed by atoms with van der Waals surface area (Å²) in [4.78, 5) is 10.7. The molecule has 68 valence electrons. The molecule has 0 spiro atoms.